The van der Waals surface area contributed by atoms with E-state index in [-0.39, 0.29) is 12.4 Å². The number of benzene rings is 2. The molecule has 1 N–H and O–H groups in total. The lowest BCUT2D eigenvalue weighted by Gasteiger charge is -2.16. The fraction of sp³-hybridized carbons (Fsp3) is 0.273. The molecule has 31 heavy (non-hydrogen) atoms. The standard InChI is InChI=1S/C22H23FN4O2S2/c1-13-11-14(2)16(4)20(15(13)3)31(28,29)24-10-9-17-12-30-22-25-21(26-27(17)22)18-7-5-6-8-19(18)23/h5-8,11-12,24H,9-10H2,1-4H3. The quantitative estimate of drug-likeness (QED) is 0.466. The summed E-state index contributed by atoms with van der Waals surface area (Å²) in [7, 11) is -3.66. The molecule has 0 aliphatic heterocycles. The third kappa shape index (κ3) is 4.00. The van der Waals surface area contributed by atoms with Crippen molar-refractivity contribution in [2.24, 2.45) is 0 Å². The first-order valence-corrected chi connectivity index (χ1v) is 12.2. The predicted molar refractivity (Wildman–Crippen MR) is 121 cm³/mol. The van der Waals surface area contributed by atoms with Crippen LogP contribution in [0, 0.1) is 33.5 Å². The number of rotatable bonds is 6. The van der Waals surface area contributed by atoms with Gasteiger partial charge in [0.25, 0.3) is 0 Å². The van der Waals surface area contributed by atoms with Gasteiger partial charge in [-0.15, -0.1) is 16.4 Å². The zero-order valence-electron chi connectivity index (χ0n) is 17.7. The molecular weight excluding hydrogens is 435 g/mol. The van der Waals surface area contributed by atoms with Gasteiger partial charge in [0, 0.05) is 18.3 Å². The van der Waals surface area contributed by atoms with Crippen molar-refractivity contribution in [3.05, 3.63) is 69.5 Å². The van der Waals surface area contributed by atoms with E-state index in [0.29, 0.717) is 27.7 Å². The summed E-state index contributed by atoms with van der Waals surface area (Å²) in [4.78, 5) is 5.39. The molecule has 0 aliphatic carbocycles. The highest BCUT2D eigenvalue weighted by molar-refractivity contribution is 7.89. The van der Waals surface area contributed by atoms with Crippen molar-refractivity contribution in [1.82, 2.24) is 19.3 Å². The minimum atomic E-state index is -3.66. The van der Waals surface area contributed by atoms with Crippen LogP contribution in [0.1, 0.15) is 27.9 Å². The second-order valence-corrected chi connectivity index (χ2v) is 10.1. The summed E-state index contributed by atoms with van der Waals surface area (Å²) in [6.45, 7) is 7.72. The molecule has 0 saturated heterocycles. The minimum absolute atomic E-state index is 0.217. The van der Waals surface area contributed by atoms with Gasteiger partial charge in [0.1, 0.15) is 5.82 Å². The Bertz CT molecular complexity index is 1360. The molecule has 0 unspecified atom stereocenters. The van der Waals surface area contributed by atoms with Crippen molar-refractivity contribution in [1.29, 1.82) is 0 Å². The van der Waals surface area contributed by atoms with Crippen LogP contribution in [0.5, 0.6) is 0 Å². The summed E-state index contributed by atoms with van der Waals surface area (Å²) >= 11 is 1.39. The van der Waals surface area contributed by atoms with Crippen LogP contribution in [0.25, 0.3) is 16.3 Å². The van der Waals surface area contributed by atoms with E-state index in [1.807, 2.05) is 39.1 Å². The van der Waals surface area contributed by atoms with Crippen molar-refractivity contribution in [2.75, 3.05) is 6.54 Å². The molecular formula is C22H23FN4O2S2. The van der Waals surface area contributed by atoms with Gasteiger partial charge >= 0.3 is 0 Å². The SMILES string of the molecule is Cc1cc(C)c(C)c(S(=O)(=O)NCCc2csc3nc(-c4ccccc4F)nn23)c1C. The zero-order chi connectivity index (χ0) is 22.3. The number of fused-ring (bicyclic) bond motifs is 1. The molecule has 0 amide bonds. The minimum Gasteiger partial charge on any atom is -0.211 e. The summed E-state index contributed by atoms with van der Waals surface area (Å²) in [5, 5.41) is 6.32. The molecule has 0 radical (unpaired) electrons. The lowest BCUT2D eigenvalue weighted by Crippen LogP contribution is -2.28. The normalized spacial score (nSPS) is 12.0. The zero-order valence-corrected chi connectivity index (χ0v) is 19.4. The van der Waals surface area contributed by atoms with Crippen LogP contribution in [0.4, 0.5) is 4.39 Å². The van der Waals surface area contributed by atoms with Gasteiger partial charge in [-0.1, -0.05) is 18.2 Å². The predicted octanol–water partition coefficient (Wildman–Crippen LogP) is 4.35. The molecule has 0 atom stereocenters. The molecule has 2 aromatic carbocycles. The number of halogens is 1. The number of hydrogen-bond donors (Lipinski definition) is 1. The molecule has 2 heterocycles. The molecule has 2 aromatic heterocycles. The van der Waals surface area contributed by atoms with Gasteiger partial charge in [-0.3, -0.25) is 0 Å². The first-order chi connectivity index (χ1) is 14.7. The smallest absolute Gasteiger partial charge is 0.211 e. The number of nitrogens with zero attached hydrogens (tertiary/aromatic N) is 3. The fourth-order valence-electron chi connectivity index (χ4n) is 3.62. The average molecular weight is 459 g/mol. The van der Waals surface area contributed by atoms with E-state index >= 15 is 0 Å². The molecule has 0 aliphatic rings. The van der Waals surface area contributed by atoms with Gasteiger partial charge in [-0.25, -0.2) is 22.0 Å². The van der Waals surface area contributed by atoms with Crippen molar-refractivity contribution < 1.29 is 12.8 Å². The third-order valence-corrected chi connectivity index (χ3v) is 8.10. The van der Waals surface area contributed by atoms with E-state index < -0.39 is 10.0 Å². The second kappa shape index (κ2) is 8.14. The number of thiazole rings is 1. The maximum Gasteiger partial charge on any atom is 0.241 e. The highest BCUT2D eigenvalue weighted by Gasteiger charge is 2.22. The largest absolute Gasteiger partial charge is 0.241 e. The average Bonchev–Trinajstić information content (AvgIpc) is 3.28. The van der Waals surface area contributed by atoms with E-state index in [2.05, 4.69) is 14.8 Å². The summed E-state index contributed by atoms with van der Waals surface area (Å²) in [5.41, 5.74) is 4.58. The Morgan fingerprint density at radius 3 is 2.45 bits per heavy atom. The van der Waals surface area contributed by atoms with Crippen LogP contribution in [-0.2, 0) is 16.4 Å². The number of sulfonamides is 1. The van der Waals surface area contributed by atoms with E-state index in [0.717, 1.165) is 27.9 Å². The summed E-state index contributed by atoms with van der Waals surface area (Å²) in [6, 6.07) is 8.37. The summed E-state index contributed by atoms with van der Waals surface area (Å²) in [5.74, 6) is -0.0671. The van der Waals surface area contributed by atoms with Gasteiger partial charge < -0.3 is 0 Å². The second-order valence-electron chi connectivity index (χ2n) is 7.57. The highest BCUT2D eigenvalue weighted by Crippen LogP contribution is 2.26. The monoisotopic (exact) mass is 458 g/mol. The molecule has 6 nitrogen and oxygen atoms in total. The number of nitrogens with one attached hydrogen (secondary N) is 1. The molecule has 4 aromatic rings. The first-order valence-electron chi connectivity index (χ1n) is 9.84. The molecule has 4 rings (SSSR count). The number of aryl methyl sites for hydroxylation is 2. The van der Waals surface area contributed by atoms with Crippen LogP contribution in [0.3, 0.4) is 0 Å². The van der Waals surface area contributed by atoms with Gasteiger partial charge in [0.15, 0.2) is 5.82 Å². The number of aromatic nitrogens is 3. The van der Waals surface area contributed by atoms with E-state index in [1.165, 1.54) is 17.4 Å². The Balaban J connectivity index is 1.55. The number of hydrogen-bond acceptors (Lipinski definition) is 5. The Morgan fingerprint density at radius 2 is 1.77 bits per heavy atom. The van der Waals surface area contributed by atoms with E-state index in [1.54, 1.807) is 22.7 Å². The third-order valence-electron chi connectivity index (χ3n) is 5.50. The van der Waals surface area contributed by atoms with Gasteiger partial charge in [-0.2, -0.15) is 4.98 Å². The summed E-state index contributed by atoms with van der Waals surface area (Å²) in [6.07, 6.45) is 0.433. The maximum absolute atomic E-state index is 14.1. The molecule has 0 saturated carbocycles. The van der Waals surface area contributed by atoms with Crippen LogP contribution in [-0.4, -0.2) is 29.6 Å². The Labute approximate surface area is 184 Å². The van der Waals surface area contributed by atoms with Crippen LogP contribution in [0.15, 0.2) is 40.6 Å². The molecule has 0 bridgehead atoms. The molecule has 9 heteroatoms. The topological polar surface area (TPSA) is 76.4 Å². The maximum atomic E-state index is 14.1. The lowest BCUT2D eigenvalue weighted by atomic mass is 10.0. The van der Waals surface area contributed by atoms with Crippen molar-refractivity contribution in [3.8, 4) is 11.4 Å². The fourth-order valence-corrected chi connectivity index (χ4v) is 6.12. The van der Waals surface area contributed by atoms with Crippen LogP contribution >= 0.6 is 11.3 Å². The first kappa shape index (κ1) is 21.6. The Morgan fingerprint density at radius 1 is 1.10 bits per heavy atom. The van der Waals surface area contributed by atoms with Crippen LogP contribution < -0.4 is 4.72 Å². The van der Waals surface area contributed by atoms with Gasteiger partial charge in [-0.05, 0) is 62.1 Å². The van der Waals surface area contributed by atoms with Crippen molar-refractivity contribution in [3.63, 3.8) is 0 Å². The van der Waals surface area contributed by atoms with E-state index in [4.69, 9.17) is 0 Å². The Kier molecular flexibility index (Phi) is 5.67. The van der Waals surface area contributed by atoms with Crippen molar-refractivity contribution in [2.45, 2.75) is 39.0 Å². The Hall–Kier alpha value is -2.62. The molecule has 0 spiro atoms. The van der Waals surface area contributed by atoms with Gasteiger partial charge in [0.05, 0.1) is 16.2 Å². The highest BCUT2D eigenvalue weighted by atomic mass is 32.2. The summed E-state index contributed by atoms with van der Waals surface area (Å²) < 4.78 is 44.5. The lowest BCUT2D eigenvalue weighted by molar-refractivity contribution is 0.579. The van der Waals surface area contributed by atoms with E-state index in [9.17, 15) is 12.8 Å². The molecule has 162 valence electrons. The van der Waals surface area contributed by atoms with Crippen LogP contribution in [0.2, 0.25) is 0 Å². The van der Waals surface area contributed by atoms with Crippen molar-refractivity contribution >= 4 is 26.3 Å². The molecule has 0 fully saturated rings. The van der Waals surface area contributed by atoms with Gasteiger partial charge in [0.2, 0.25) is 15.0 Å².